The van der Waals surface area contributed by atoms with Gasteiger partial charge in [-0.2, -0.15) is 0 Å². The topological polar surface area (TPSA) is 48.4 Å². The Labute approximate surface area is 102 Å². The summed E-state index contributed by atoms with van der Waals surface area (Å²) < 4.78 is 11.6. The van der Waals surface area contributed by atoms with Crippen LogP contribution in [0, 0.1) is 0 Å². The number of furan rings is 1. The average Bonchev–Trinajstić information content (AvgIpc) is 2.69. The molecule has 1 aromatic heterocycles. The second kappa shape index (κ2) is 5.18. The first-order valence-corrected chi connectivity index (χ1v) is 5.68. The molecule has 0 saturated heterocycles. The van der Waals surface area contributed by atoms with Crippen molar-refractivity contribution in [2.24, 2.45) is 0 Å². The molecule has 0 aliphatic heterocycles. The van der Waals surface area contributed by atoms with Crippen molar-refractivity contribution in [1.82, 2.24) is 0 Å². The van der Waals surface area contributed by atoms with Gasteiger partial charge in [0, 0.05) is 10.2 Å². The van der Waals surface area contributed by atoms with Crippen LogP contribution < -0.4 is 5.73 Å². The number of nitrogen functional groups attached to an aromatic ring is 1. The number of anilines is 1. The first-order valence-electron chi connectivity index (χ1n) is 4.89. The van der Waals surface area contributed by atoms with E-state index in [9.17, 15) is 0 Å². The lowest BCUT2D eigenvalue weighted by atomic mass is 10.2. The minimum absolute atomic E-state index is 0.472. The number of rotatable bonds is 4. The molecule has 0 atom stereocenters. The quantitative estimate of drug-likeness (QED) is 0.875. The third-order valence-corrected chi connectivity index (χ3v) is 2.53. The van der Waals surface area contributed by atoms with Crippen molar-refractivity contribution < 1.29 is 9.15 Å². The van der Waals surface area contributed by atoms with E-state index in [1.807, 2.05) is 30.3 Å². The predicted molar refractivity (Wildman–Crippen MR) is 65.8 cm³/mol. The van der Waals surface area contributed by atoms with Crippen molar-refractivity contribution in [3.8, 4) is 0 Å². The molecule has 0 saturated carbocycles. The molecule has 0 spiro atoms. The van der Waals surface area contributed by atoms with Crippen LogP contribution in [0.1, 0.15) is 11.3 Å². The molecule has 16 heavy (non-hydrogen) atoms. The Hall–Kier alpha value is -1.26. The first kappa shape index (κ1) is 11.2. The Kier molecular flexibility index (Phi) is 3.64. The summed E-state index contributed by atoms with van der Waals surface area (Å²) in [5, 5.41) is 0. The van der Waals surface area contributed by atoms with Crippen molar-refractivity contribution in [2.45, 2.75) is 13.2 Å². The average molecular weight is 282 g/mol. The monoisotopic (exact) mass is 281 g/mol. The standard InChI is InChI=1S/C12H12BrNO2/c13-10-4-9(5-11(14)6-10)7-15-8-12-2-1-3-16-12/h1-6H,7-8,14H2. The van der Waals surface area contributed by atoms with E-state index in [-0.39, 0.29) is 0 Å². The lowest BCUT2D eigenvalue weighted by molar-refractivity contribution is 0.0929. The molecular weight excluding hydrogens is 270 g/mol. The second-order valence-corrected chi connectivity index (χ2v) is 4.38. The maximum atomic E-state index is 5.72. The van der Waals surface area contributed by atoms with Crippen molar-refractivity contribution in [3.05, 3.63) is 52.4 Å². The fourth-order valence-electron chi connectivity index (χ4n) is 1.42. The molecule has 2 N–H and O–H groups in total. The number of hydrogen-bond donors (Lipinski definition) is 1. The van der Waals surface area contributed by atoms with Gasteiger partial charge >= 0.3 is 0 Å². The van der Waals surface area contributed by atoms with Gasteiger partial charge in [-0.1, -0.05) is 15.9 Å². The van der Waals surface area contributed by atoms with Gasteiger partial charge in [0.2, 0.25) is 0 Å². The van der Waals surface area contributed by atoms with E-state index >= 15 is 0 Å². The Balaban J connectivity index is 1.89. The second-order valence-electron chi connectivity index (χ2n) is 3.46. The van der Waals surface area contributed by atoms with Gasteiger partial charge in [-0.15, -0.1) is 0 Å². The van der Waals surface area contributed by atoms with Gasteiger partial charge < -0.3 is 14.9 Å². The molecule has 4 heteroatoms. The summed E-state index contributed by atoms with van der Waals surface area (Å²) in [6.45, 7) is 0.990. The van der Waals surface area contributed by atoms with Crippen molar-refractivity contribution in [1.29, 1.82) is 0 Å². The minimum Gasteiger partial charge on any atom is -0.467 e. The molecule has 2 rings (SSSR count). The molecule has 1 aromatic carbocycles. The van der Waals surface area contributed by atoms with Gasteiger partial charge in [-0.05, 0) is 35.9 Å². The summed E-state index contributed by atoms with van der Waals surface area (Å²) in [7, 11) is 0. The van der Waals surface area contributed by atoms with E-state index < -0.39 is 0 Å². The van der Waals surface area contributed by atoms with Crippen LogP contribution in [0.3, 0.4) is 0 Å². The van der Waals surface area contributed by atoms with Gasteiger partial charge in [0.25, 0.3) is 0 Å². The van der Waals surface area contributed by atoms with Crippen LogP contribution in [0.5, 0.6) is 0 Å². The summed E-state index contributed by atoms with van der Waals surface area (Å²) in [4.78, 5) is 0. The van der Waals surface area contributed by atoms with Gasteiger partial charge in [0.15, 0.2) is 0 Å². The largest absolute Gasteiger partial charge is 0.467 e. The highest BCUT2D eigenvalue weighted by atomic mass is 79.9. The van der Waals surface area contributed by atoms with Gasteiger partial charge in [0.1, 0.15) is 12.4 Å². The van der Waals surface area contributed by atoms with Crippen molar-refractivity contribution >= 4 is 21.6 Å². The molecule has 0 radical (unpaired) electrons. The molecular formula is C12H12BrNO2. The first-order chi connectivity index (χ1) is 7.74. The summed E-state index contributed by atoms with van der Waals surface area (Å²) in [6, 6.07) is 9.46. The fraction of sp³-hybridized carbons (Fsp3) is 0.167. The molecule has 0 unspecified atom stereocenters. The molecule has 3 nitrogen and oxygen atoms in total. The highest BCUT2D eigenvalue weighted by Gasteiger charge is 1.99. The van der Waals surface area contributed by atoms with Crippen LogP contribution in [0.4, 0.5) is 5.69 Å². The third kappa shape index (κ3) is 3.12. The lowest BCUT2D eigenvalue weighted by Crippen LogP contribution is -1.95. The summed E-state index contributed by atoms with van der Waals surface area (Å²) in [5.74, 6) is 0.822. The molecule has 0 aliphatic rings. The third-order valence-electron chi connectivity index (χ3n) is 2.07. The number of hydrogen-bond acceptors (Lipinski definition) is 3. The van der Waals surface area contributed by atoms with Gasteiger partial charge in [-0.3, -0.25) is 0 Å². The summed E-state index contributed by atoms with van der Waals surface area (Å²) >= 11 is 3.39. The van der Waals surface area contributed by atoms with E-state index in [4.69, 9.17) is 14.9 Å². The smallest absolute Gasteiger partial charge is 0.129 e. The predicted octanol–water partition coefficient (Wildman–Crippen LogP) is 3.34. The van der Waals surface area contributed by atoms with Crippen molar-refractivity contribution in [2.75, 3.05) is 5.73 Å². The van der Waals surface area contributed by atoms with Crippen molar-refractivity contribution in [3.63, 3.8) is 0 Å². The molecule has 2 aromatic rings. The maximum absolute atomic E-state index is 5.72. The van der Waals surface area contributed by atoms with E-state index in [2.05, 4.69) is 15.9 Å². The minimum atomic E-state index is 0.472. The fourth-order valence-corrected chi connectivity index (χ4v) is 1.98. The molecule has 84 valence electrons. The molecule has 0 bridgehead atoms. The van der Waals surface area contributed by atoms with Gasteiger partial charge in [0.05, 0.1) is 12.9 Å². The summed E-state index contributed by atoms with van der Waals surface area (Å²) in [6.07, 6.45) is 1.63. The maximum Gasteiger partial charge on any atom is 0.129 e. The van der Waals surface area contributed by atoms with E-state index in [0.29, 0.717) is 13.2 Å². The lowest BCUT2D eigenvalue weighted by Gasteiger charge is -2.04. The number of halogens is 1. The Morgan fingerprint density at radius 3 is 2.81 bits per heavy atom. The van der Waals surface area contributed by atoms with Gasteiger partial charge in [-0.25, -0.2) is 0 Å². The van der Waals surface area contributed by atoms with Crippen LogP contribution in [-0.4, -0.2) is 0 Å². The molecule has 0 aliphatic carbocycles. The Bertz CT molecular complexity index is 434. The SMILES string of the molecule is Nc1cc(Br)cc(COCc2ccco2)c1. The Morgan fingerprint density at radius 2 is 2.12 bits per heavy atom. The van der Waals surface area contributed by atoms with Crippen LogP contribution in [0.25, 0.3) is 0 Å². The Morgan fingerprint density at radius 1 is 1.25 bits per heavy atom. The zero-order valence-corrected chi connectivity index (χ0v) is 10.2. The van der Waals surface area contributed by atoms with Crippen LogP contribution in [-0.2, 0) is 18.0 Å². The van der Waals surface area contributed by atoms with E-state index in [1.165, 1.54) is 0 Å². The molecule has 1 heterocycles. The number of ether oxygens (including phenoxy) is 1. The molecule has 0 amide bonds. The van der Waals surface area contributed by atoms with Crippen LogP contribution in [0.2, 0.25) is 0 Å². The zero-order valence-electron chi connectivity index (χ0n) is 8.65. The molecule has 0 fully saturated rings. The normalized spacial score (nSPS) is 10.6. The van der Waals surface area contributed by atoms with Crippen LogP contribution >= 0.6 is 15.9 Å². The van der Waals surface area contributed by atoms with E-state index in [0.717, 1.165) is 21.5 Å². The summed E-state index contributed by atoms with van der Waals surface area (Å²) in [5.41, 5.74) is 7.49. The number of benzene rings is 1. The highest BCUT2D eigenvalue weighted by Crippen LogP contribution is 2.18. The highest BCUT2D eigenvalue weighted by molar-refractivity contribution is 9.10. The van der Waals surface area contributed by atoms with Crippen LogP contribution in [0.15, 0.2) is 45.5 Å². The number of nitrogens with two attached hydrogens (primary N) is 1. The van der Waals surface area contributed by atoms with E-state index in [1.54, 1.807) is 6.26 Å². The zero-order chi connectivity index (χ0) is 11.4.